The first-order valence-electron chi connectivity index (χ1n) is 5.07. The molecule has 0 atom stereocenters. The Kier molecular flexibility index (Phi) is 4.28. The molecule has 1 heterocycles. The Morgan fingerprint density at radius 3 is 2.75 bits per heavy atom. The summed E-state index contributed by atoms with van der Waals surface area (Å²) in [7, 11) is 0. The summed E-state index contributed by atoms with van der Waals surface area (Å²) in [4.78, 5) is 11.3. The summed E-state index contributed by atoms with van der Waals surface area (Å²) in [5.41, 5.74) is 7.72. The minimum Gasteiger partial charge on any atom is -0.464 e. The molecule has 0 spiro atoms. The Hall–Kier alpha value is -1.59. The summed E-state index contributed by atoms with van der Waals surface area (Å²) in [6, 6.07) is 0. The molecule has 6 heteroatoms. The lowest BCUT2D eigenvalue weighted by atomic mass is 10.3. The number of carbonyl (C=O) groups is 1. The Balaban J connectivity index is 2.53. The van der Waals surface area contributed by atoms with Crippen LogP contribution in [0.5, 0.6) is 0 Å². The zero-order valence-corrected chi connectivity index (χ0v) is 9.49. The molecule has 0 aliphatic carbocycles. The molecule has 2 N–H and O–H groups in total. The fourth-order valence-electron chi connectivity index (χ4n) is 1.27. The minimum atomic E-state index is -0.486. The van der Waals surface area contributed by atoms with Crippen molar-refractivity contribution in [3.05, 3.63) is 11.4 Å². The van der Waals surface area contributed by atoms with E-state index < -0.39 is 12.6 Å². The fraction of sp³-hybridized carbons (Fsp3) is 0.600. The van der Waals surface area contributed by atoms with Crippen LogP contribution < -0.4 is 5.73 Å². The van der Waals surface area contributed by atoms with Crippen LogP contribution in [0.25, 0.3) is 0 Å². The number of rotatable bonds is 5. The van der Waals surface area contributed by atoms with Gasteiger partial charge in [-0.1, -0.05) is 0 Å². The molecule has 0 aliphatic heterocycles. The topological polar surface area (TPSA) is 70.1 Å². The predicted molar refractivity (Wildman–Crippen MR) is 57.7 cm³/mol. The highest BCUT2D eigenvalue weighted by atomic mass is 19.1. The van der Waals surface area contributed by atoms with Gasteiger partial charge in [0, 0.05) is 6.42 Å². The Morgan fingerprint density at radius 2 is 2.25 bits per heavy atom. The predicted octanol–water partition coefficient (Wildman–Crippen LogP) is 0.985. The zero-order valence-electron chi connectivity index (χ0n) is 9.49. The number of hydrogen-bond acceptors (Lipinski definition) is 4. The van der Waals surface area contributed by atoms with Crippen molar-refractivity contribution >= 4 is 11.7 Å². The maximum atomic E-state index is 11.8. The molecule has 0 aliphatic rings. The quantitative estimate of drug-likeness (QED) is 0.603. The number of aryl methyl sites for hydroxylation is 1. The van der Waals surface area contributed by atoms with Gasteiger partial charge >= 0.3 is 5.97 Å². The Labute approximate surface area is 93.4 Å². The standard InChI is InChI=1S/C10H16FN3O2/c1-7-10(12)8(2)14(13-7)6-9(15)16-5-3-4-11/h3-6,12H2,1-2H3. The van der Waals surface area contributed by atoms with Crippen LogP contribution in [0.2, 0.25) is 0 Å². The number of nitrogens with two attached hydrogens (primary N) is 1. The second-order valence-electron chi connectivity index (χ2n) is 3.51. The van der Waals surface area contributed by atoms with Crippen LogP contribution in [0, 0.1) is 13.8 Å². The van der Waals surface area contributed by atoms with E-state index in [9.17, 15) is 9.18 Å². The lowest BCUT2D eigenvalue weighted by molar-refractivity contribution is -0.144. The van der Waals surface area contributed by atoms with Crippen molar-refractivity contribution in [1.82, 2.24) is 9.78 Å². The summed E-state index contributed by atoms with van der Waals surface area (Å²) >= 11 is 0. The molecule has 1 aromatic rings. The molecule has 0 radical (unpaired) electrons. The molecule has 0 saturated heterocycles. The molecule has 0 bridgehead atoms. The van der Waals surface area contributed by atoms with Gasteiger partial charge in [-0.05, 0) is 13.8 Å². The molecule has 1 rings (SSSR count). The highest BCUT2D eigenvalue weighted by Crippen LogP contribution is 2.14. The van der Waals surface area contributed by atoms with Gasteiger partial charge in [0.25, 0.3) is 0 Å². The van der Waals surface area contributed by atoms with Gasteiger partial charge in [0.15, 0.2) is 0 Å². The SMILES string of the molecule is Cc1nn(CC(=O)OCCCF)c(C)c1N. The van der Waals surface area contributed by atoms with Crippen LogP contribution in [-0.4, -0.2) is 29.0 Å². The number of halogens is 1. The maximum Gasteiger partial charge on any atom is 0.327 e. The third-order valence-corrected chi connectivity index (χ3v) is 2.26. The van der Waals surface area contributed by atoms with E-state index in [0.29, 0.717) is 11.4 Å². The lowest BCUT2D eigenvalue weighted by Crippen LogP contribution is -2.16. The number of hydrogen-bond donors (Lipinski definition) is 1. The van der Waals surface area contributed by atoms with E-state index in [0.717, 1.165) is 5.69 Å². The van der Waals surface area contributed by atoms with Gasteiger partial charge in [-0.15, -0.1) is 0 Å². The Morgan fingerprint density at radius 1 is 1.56 bits per heavy atom. The summed E-state index contributed by atoms with van der Waals surface area (Å²) in [5.74, 6) is -0.431. The van der Waals surface area contributed by atoms with Crippen LogP contribution in [-0.2, 0) is 16.1 Å². The second-order valence-corrected chi connectivity index (χ2v) is 3.51. The summed E-state index contributed by atoms with van der Waals surface area (Å²) < 4.78 is 18.1. The smallest absolute Gasteiger partial charge is 0.327 e. The van der Waals surface area contributed by atoms with Crippen molar-refractivity contribution in [1.29, 1.82) is 0 Å². The third-order valence-electron chi connectivity index (χ3n) is 2.26. The van der Waals surface area contributed by atoms with Crippen molar-refractivity contribution in [3.63, 3.8) is 0 Å². The molecule has 0 saturated carbocycles. The van der Waals surface area contributed by atoms with E-state index in [-0.39, 0.29) is 19.6 Å². The molecule has 0 amide bonds. The number of aromatic nitrogens is 2. The average Bonchev–Trinajstić information content (AvgIpc) is 2.47. The lowest BCUT2D eigenvalue weighted by Gasteiger charge is -2.05. The van der Waals surface area contributed by atoms with Crippen LogP contribution in [0.1, 0.15) is 17.8 Å². The largest absolute Gasteiger partial charge is 0.464 e. The molecular weight excluding hydrogens is 213 g/mol. The van der Waals surface area contributed by atoms with Gasteiger partial charge in [0.05, 0.1) is 30.4 Å². The number of nitrogens with zero attached hydrogens (tertiary/aromatic N) is 2. The van der Waals surface area contributed by atoms with Crippen molar-refractivity contribution in [2.24, 2.45) is 0 Å². The zero-order chi connectivity index (χ0) is 12.1. The van der Waals surface area contributed by atoms with Crippen LogP contribution in [0.4, 0.5) is 10.1 Å². The van der Waals surface area contributed by atoms with Crippen LogP contribution in [0.15, 0.2) is 0 Å². The fourth-order valence-corrected chi connectivity index (χ4v) is 1.27. The van der Waals surface area contributed by atoms with E-state index in [1.165, 1.54) is 4.68 Å². The molecule has 90 valence electrons. The molecule has 0 fully saturated rings. The van der Waals surface area contributed by atoms with E-state index in [2.05, 4.69) is 5.10 Å². The summed E-state index contributed by atoms with van der Waals surface area (Å²) in [6.45, 7) is 3.18. The van der Waals surface area contributed by atoms with Gasteiger partial charge in [-0.25, -0.2) is 0 Å². The van der Waals surface area contributed by atoms with Gasteiger partial charge in [0.1, 0.15) is 6.54 Å². The first-order valence-corrected chi connectivity index (χ1v) is 5.07. The first kappa shape index (κ1) is 12.5. The molecule has 16 heavy (non-hydrogen) atoms. The number of anilines is 1. The molecular formula is C10H16FN3O2. The number of ether oxygens (including phenoxy) is 1. The van der Waals surface area contributed by atoms with Crippen molar-refractivity contribution in [2.45, 2.75) is 26.8 Å². The van der Waals surface area contributed by atoms with Gasteiger partial charge < -0.3 is 10.5 Å². The summed E-state index contributed by atoms with van der Waals surface area (Å²) in [5, 5.41) is 4.09. The minimum absolute atomic E-state index is 0.0101. The maximum absolute atomic E-state index is 11.8. The number of nitrogen functional groups attached to an aromatic ring is 1. The van der Waals surface area contributed by atoms with E-state index >= 15 is 0 Å². The number of carbonyl (C=O) groups excluding carboxylic acids is 1. The molecule has 5 nitrogen and oxygen atoms in total. The summed E-state index contributed by atoms with van der Waals surface area (Å²) in [6.07, 6.45) is 0.227. The van der Waals surface area contributed by atoms with Crippen LogP contribution in [0.3, 0.4) is 0 Å². The van der Waals surface area contributed by atoms with Gasteiger partial charge in [-0.2, -0.15) is 5.10 Å². The molecule has 0 aromatic carbocycles. The van der Waals surface area contributed by atoms with Crippen LogP contribution >= 0.6 is 0 Å². The van der Waals surface area contributed by atoms with Crippen molar-refractivity contribution in [3.8, 4) is 0 Å². The van der Waals surface area contributed by atoms with E-state index in [1.54, 1.807) is 13.8 Å². The number of esters is 1. The first-order chi connectivity index (χ1) is 7.56. The normalized spacial score (nSPS) is 10.4. The molecule has 0 unspecified atom stereocenters. The van der Waals surface area contributed by atoms with Crippen molar-refractivity contribution in [2.75, 3.05) is 19.0 Å². The van der Waals surface area contributed by atoms with E-state index in [4.69, 9.17) is 10.5 Å². The van der Waals surface area contributed by atoms with Crippen molar-refractivity contribution < 1.29 is 13.9 Å². The average molecular weight is 229 g/mol. The van der Waals surface area contributed by atoms with E-state index in [1.807, 2.05) is 0 Å². The monoisotopic (exact) mass is 229 g/mol. The van der Waals surface area contributed by atoms with Gasteiger partial charge in [0.2, 0.25) is 0 Å². The second kappa shape index (κ2) is 5.48. The number of alkyl halides is 1. The Bertz CT molecular complexity index is 376. The third kappa shape index (κ3) is 2.95. The highest BCUT2D eigenvalue weighted by Gasteiger charge is 2.11. The highest BCUT2D eigenvalue weighted by molar-refractivity contribution is 5.69. The van der Waals surface area contributed by atoms with Gasteiger partial charge in [-0.3, -0.25) is 13.9 Å². The molecule has 1 aromatic heterocycles.